The fraction of sp³-hybridized carbons (Fsp3) is 0.417. The Balaban J connectivity index is 1.61. The van der Waals surface area contributed by atoms with Crippen molar-refractivity contribution in [2.24, 2.45) is 0 Å². The van der Waals surface area contributed by atoms with E-state index in [-0.39, 0.29) is 5.91 Å². The van der Waals surface area contributed by atoms with Crippen LogP contribution < -0.4 is 4.90 Å². The van der Waals surface area contributed by atoms with Gasteiger partial charge in [0.15, 0.2) is 5.13 Å². The maximum absolute atomic E-state index is 13.5. The van der Waals surface area contributed by atoms with E-state index in [9.17, 15) is 4.79 Å². The van der Waals surface area contributed by atoms with Gasteiger partial charge in [0.25, 0.3) is 0 Å². The zero-order chi connectivity index (χ0) is 21.8. The molecule has 2 heterocycles. The second-order valence-electron chi connectivity index (χ2n) is 7.91. The maximum atomic E-state index is 13.5. The summed E-state index contributed by atoms with van der Waals surface area (Å²) >= 11 is 3.30. The van der Waals surface area contributed by atoms with Crippen molar-refractivity contribution >= 4 is 44.4 Å². The van der Waals surface area contributed by atoms with Crippen molar-refractivity contribution in [1.82, 2.24) is 9.88 Å². The van der Waals surface area contributed by atoms with Crippen LogP contribution in [0.15, 0.2) is 41.3 Å². The standard InChI is InChI=1S/C24H29N3O2S2/c1-17-7-8-19(18(2)15-17)16-22(28)27(10-9-26-11-13-29-14-12-26)24-25-23-20(30-3)5-4-6-21(23)31-24/h4-8,15H,9-14,16H2,1-3H3. The van der Waals surface area contributed by atoms with Crippen LogP contribution in [0.1, 0.15) is 16.7 Å². The number of amides is 1. The first kappa shape index (κ1) is 22.3. The molecule has 0 bridgehead atoms. The van der Waals surface area contributed by atoms with E-state index >= 15 is 0 Å². The molecule has 0 saturated carbocycles. The van der Waals surface area contributed by atoms with Crippen molar-refractivity contribution in [2.45, 2.75) is 25.2 Å². The molecule has 0 radical (unpaired) electrons. The van der Waals surface area contributed by atoms with Gasteiger partial charge < -0.3 is 4.74 Å². The number of aryl methyl sites for hydroxylation is 2. The van der Waals surface area contributed by atoms with Crippen LogP contribution >= 0.6 is 23.1 Å². The highest BCUT2D eigenvalue weighted by Crippen LogP contribution is 2.34. The van der Waals surface area contributed by atoms with Gasteiger partial charge in [0.05, 0.1) is 29.9 Å². The van der Waals surface area contributed by atoms with E-state index in [4.69, 9.17) is 9.72 Å². The van der Waals surface area contributed by atoms with E-state index in [2.05, 4.69) is 61.4 Å². The van der Waals surface area contributed by atoms with E-state index in [1.807, 2.05) is 4.90 Å². The van der Waals surface area contributed by atoms with Gasteiger partial charge >= 0.3 is 0 Å². The molecule has 0 N–H and O–H groups in total. The molecule has 0 spiro atoms. The number of morpholine rings is 1. The van der Waals surface area contributed by atoms with Gasteiger partial charge in [0.2, 0.25) is 5.91 Å². The van der Waals surface area contributed by atoms with Crippen molar-refractivity contribution in [3.8, 4) is 0 Å². The lowest BCUT2D eigenvalue weighted by Crippen LogP contribution is -2.43. The van der Waals surface area contributed by atoms with Gasteiger partial charge in [-0.1, -0.05) is 41.2 Å². The number of rotatable bonds is 7. The molecule has 4 rings (SSSR count). The summed E-state index contributed by atoms with van der Waals surface area (Å²) in [6.45, 7) is 8.97. The largest absolute Gasteiger partial charge is 0.379 e. The van der Waals surface area contributed by atoms with Crippen LogP contribution in [0.25, 0.3) is 10.2 Å². The van der Waals surface area contributed by atoms with Crippen LogP contribution in [-0.4, -0.2) is 61.4 Å². The van der Waals surface area contributed by atoms with Crippen molar-refractivity contribution in [2.75, 3.05) is 50.5 Å². The molecular formula is C24H29N3O2S2. The van der Waals surface area contributed by atoms with Crippen LogP contribution in [0.5, 0.6) is 0 Å². The molecule has 1 fully saturated rings. The Morgan fingerprint density at radius 2 is 2.03 bits per heavy atom. The summed E-state index contributed by atoms with van der Waals surface area (Å²) in [5.41, 5.74) is 4.45. The summed E-state index contributed by atoms with van der Waals surface area (Å²) in [6, 6.07) is 12.5. The maximum Gasteiger partial charge on any atom is 0.233 e. The van der Waals surface area contributed by atoms with Crippen LogP contribution in [0.4, 0.5) is 5.13 Å². The average Bonchev–Trinajstić information content (AvgIpc) is 3.20. The second kappa shape index (κ2) is 10.1. The summed E-state index contributed by atoms with van der Waals surface area (Å²) in [6.07, 6.45) is 2.45. The molecule has 3 aromatic rings. The first-order valence-corrected chi connectivity index (χ1v) is 12.7. The minimum Gasteiger partial charge on any atom is -0.379 e. The first-order valence-electron chi connectivity index (χ1n) is 10.7. The minimum atomic E-state index is 0.102. The predicted octanol–water partition coefficient (Wildman–Crippen LogP) is 4.54. The Morgan fingerprint density at radius 3 is 2.77 bits per heavy atom. The lowest BCUT2D eigenvalue weighted by molar-refractivity contribution is -0.118. The highest BCUT2D eigenvalue weighted by molar-refractivity contribution is 7.98. The molecule has 5 nitrogen and oxygen atoms in total. The van der Waals surface area contributed by atoms with Gasteiger partial charge in [0.1, 0.15) is 0 Å². The average molecular weight is 456 g/mol. The molecule has 1 amide bonds. The molecule has 1 saturated heterocycles. The van der Waals surface area contributed by atoms with Gasteiger partial charge in [-0.15, -0.1) is 11.8 Å². The summed E-state index contributed by atoms with van der Waals surface area (Å²) < 4.78 is 6.59. The molecule has 164 valence electrons. The Hall–Kier alpha value is -1.93. The SMILES string of the molecule is CSc1cccc2sc(N(CCN3CCOCC3)C(=O)Cc3ccc(C)cc3C)nc12. The molecule has 0 atom stereocenters. The van der Waals surface area contributed by atoms with Crippen LogP contribution in [0.2, 0.25) is 0 Å². The lowest BCUT2D eigenvalue weighted by atomic mass is 10.0. The Bertz CT molecular complexity index is 1060. The zero-order valence-corrected chi connectivity index (χ0v) is 20.0. The van der Waals surface area contributed by atoms with Gasteiger partial charge in [-0.3, -0.25) is 14.6 Å². The van der Waals surface area contributed by atoms with E-state index in [1.54, 1.807) is 23.1 Å². The molecule has 31 heavy (non-hydrogen) atoms. The number of hydrogen-bond acceptors (Lipinski definition) is 6. The monoisotopic (exact) mass is 455 g/mol. The number of ether oxygens (including phenoxy) is 1. The second-order valence-corrected chi connectivity index (χ2v) is 9.77. The van der Waals surface area contributed by atoms with Crippen LogP contribution in [0.3, 0.4) is 0 Å². The van der Waals surface area contributed by atoms with Crippen molar-refractivity contribution < 1.29 is 9.53 Å². The van der Waals surface area contributed by atoms with E-state index < -0.39 is 0 Å². The topological polar surface area (TPSA) is 45.7 Å². The van der Waals surface area contributed by atoms with Crippen molar-refractivity contribution in [1.29, 1.82) is 0 Å². The highest BCUT2D eigenvalue weighted by atomic mass is 32.2. The molecule has 7 heteroatoms. The predicted molar refractivity (Wildman–Crippen MR) is 131 cm³/mol. The zero-order valence-electron chi connectivity index (χ0n) is 18.4. The van der Waals surface area contributed by atoms with Crippen LogP contribution in [-0.2, 0) is 16.0 Å². The summed E-state index contributed by atoms with van der Waals surface area (Å²) in [5.74, 6) is 0.102. The number of anilines is 1. The van der Waals surface area contributed by atoms with Crippen molar-refractivity contribution in [3.05, 3.63) is 53.1 Å². The number of para-hydroxylation sites is 1. The minimum absolute atomic E-state index is 0.102. The third kappa shape index (κ3) is 5.29. The third-order valence-corrected chi connectivity index (χ3v) is 7.52. The summed E-state index contributed by atoms with van der Waals surface area (Å²) in [5, 5.41) is 0.791. The Morgan fingerprint density at radius 1 is 1.23 bits per heavy atom. The van der Waals surface area contributed by atoms with Gasteiger partial charge in [-0.2, -0.15) is 0 Å². The number of hydrogen-bond donors (Lipinski definition) is 0. The lowest BCUT2D eigenvalue weighted by Gasteiger charge is -2.29. The van der Waals surface area contributed by atoms with E-state index in [1.165, 1.54) is 5.56 Å². The molecule has 1 aliphatic rings. The molecular weight excluding hydrogens is 426 g/mol. The number of carbonyl (C=O) groups excluding carboxylic acids is 1. The van der Waals surface area contributed by atoms with Crippen LogP contribution in [0, 0.1) is 13.8 Å². The molecule has 2 aromatic carbocycles. The van der Waals surface area contributed by atoms with Crippen molar-refractivity contribution in [3.63, 3.8) is 0 Å². The van der Waals surface area contributed by atoms with E-state index in [0.29, 0.717) is 13.0 Å². The third-order valence-electron chi connectivity index (χ3n) is 5.71. The molecule has 1 aromatic heterocycles. The Kier molecular flexibility index (Phi) is 7.27. The number of nitrogens with zero attached hydrogens (tertiary/aromatic N) is 3. The number of aromatic nitrogens is 1. The fourth-order valence-electron chi connectivity index (χ4n) is 3.89. The molecule has 0 unspecified atom stereocenters. The quantitative estimate of drug-likeness (QED) is 0.490. The Labute approximate surface area is 192 Å². The number of fused-ring (bicyclic) bond motifs is 1. The van der Waals surface area contributed by atoms with Gasteiger partial charge in [-0.25, -0.2) is 4.98 Å². The summed E-state index contributed by atoms with van der Waals surface area (Å²) in [7, 11) is 0. The molecule has 1 aliphatic heterocycles. The number of carbonyl (C=O) groups is 1. The first-order chi connectivity index (χ1) is 15.0. The van der Waals surface area contributed by atoms with Gasteiger partial charge in [0, 0.05) is 31.1 Å². The number of benzene rings is 2. The molecule has 0 aliphatic carbocycles. The van der Waals surface area contributed by atoms with Gasteiger partial charge in [-0.05, 0) is 43.4 Å². The normalized spacial score (nSPS) is 14.8. The smallest absolute Gasteiger partial charge is 0.233 e. The highest BCUT2D eigenvalue weighted by Gasteiger charge is 2.23. The number of thiazole rings is 1. The number of thioether (sulfide) groups is 1. The summed E-state index contributed by atoms with van der Waals surface area (Å²) in [4.78, 5) is 23.8. The van der Waals surface area contributed by atoms with E-state index in [0.717, 1.165) is 64.2 Å². The fourth-order valence-corrected chi connectivity index (χ4v) is 5.55.